The third-order valence-electron chi connectivity index (χ3n) is 7.23. The average Bonchev–Trinajstić information content (AvgIpc) is 2.95. The van der Waals surface area contributed by atoms with Gasteiger partial charge in [0.1, 0.15) is 12.7 Å². The second kappa shape index (κ2) is 26.4. The predicted molar refractivity (Wildman–Crippen MR) is 164 cm³/mol. The first-order chi connectivity index (χ1) is 20.0. The third kappa shape index (κ3) is 26.6. The molecule has 0 heterocycles. The molecule has 250 valence electrons. The molecule has 0 amide bonds. The average molecular weight is 625 g/mol. The third-order valence-corrected chi connectivity index (χ3v) is 8.18. The number of aliphatic hydroxyl groups is 2. The number of hydrogen-bond donors (Lipinski definition) is 3. The van der Waals surface area contributed by atoms with Gasteiger partial charge in [0.2, 0.25) is 0 Å². The molecule has 3 N–H and O–H groups in total. The van der Waals surface area contributed by atoms with Gasteiger partial charge in [0.25, 0.3) is 0 Å². The Morgan fingerprint density at radius 3 is 1.76 bits per heavy atom. The smallest absolute Gasteiger partial charge is 0.462 e. The van der Waals surface area contributed by atoms with Crippen molar-refractivity contribution in [3.63, 3.8) is 0 Å². The first-order valence-corrected chi connectivity index (χ1v) is 17.7. The maximum atomic E-state index is 12.4. The lowest BCUT2D eigenvalue weighted by molar-refractivity contribution is -0.161. The maximum absolute atomic E-state index is 12.4. The van der Waals surface area contributed by atoms with E-state index in [0.29, 0.717) is 18.8 Å². The molecule has 0 saturated carbocycles. The molecule has 42 heavy (non-hydrogen) atoms. The lowest BCUT2D eigenvalue weighted by Crippen LogP contribution is -2.29. The number of carbonyl (C=O) groups is 2. The SMILES string of the molecule is CCC(C)CCCCCCCCC(=O)OC[C@H](COP(=O)(O)OC[C@@H](O)CO)OC(=O)CCCCCCCCC(C)C. The lowest BCUT2D eigenvalue weighted by atomic mass is 10.00. The molecule has 0 aromatic carbocycles. The van der Waals surface area contributed by atoms with Crippen LogP contribution in [0.25, 0.3) is 0 Å². The van der Waals surface area contributed by atoms with Crippen LogP contribution in [-0.2, 0) is 32.7 Å². The van der Waals surface area contributed by atoms with Gasteiger partial charge in [-0.15, -0.1) is 0 Å². The molecule has 0 saturated heterocycles. The molecule has 0 aliphatic carbocycles. The first kappa shape index (κ1) is 41.0. The Kier molecular flexibility index (Phi) is 25.7. The fourth-order valence-electron chi connectivity index (χ4n) is 4.27. The van der Waals surface area contributed by atoms with E-state index in [1.54, 1.807) is 0 Å². The Morgan fingerprint density at radius 2 is 1.21 bits per heavy atom. The van der Waals surface area contributed by atoms with Crippen LogP contribution in [-0.4, -0.2) is 65.7 Å². The quantitative estimate of drug-likeness (QED) is 0.0457. The summed E-state index contributed by atoms with van der Waals surface area (Å²) < 4.78 is 32.3. The van der Waals surface area contributed by atoms with Crippen molar-refractivity contribution in [1.29, 1.82) is 0 Å². The van der Waals surface area contributed by atoms with Gasteiger partial charge in [-0.3, -0.25) is 18.6 Å². The lowest BCUT2D eigenvalue weighted by Gasteiger charge is -2.20. The van der Waals surface area contributed by atoms with Gasteiger partial charge in [-0.1, -0.05) is 111 Å². The fraction of sp³-hybridized carbons (Fsp3) is 0.935. The monoisotopic (exact) mass is 624 g/mol. The Bertz CT molecular complexity index is 718. The topological polar surface area (TPSA) is 149 Å². The van der Waals surface area contributed by atoms with Gasteiger partial charge < -0.3 is 24.6 Å². The molecule has 0 aromatic heterocycles. The summed E-state index contributed by atoms with van der Waals surface area (Å²) in [4.78, 5) is 34.5. The van der Waals surface area contributed by atoms with Crippen molar-refractivity contribution < 1.29 is 47.8 Å². The highest BCUT2D eigenvalue weighted by Gasteiger charge is 2.27. The number of phosphoric ester groups is 1. The van der Waals surface area contributed by atoms with Gasteiger partial charge >= 0.3 is 19.8 Å². The highest BCUT2D eigenvalue weighted by molar-refractivity contribution is 7.47. The molecule has 0 bridgehead atoms. The van der Waals surface area contributed by atoms with Crippen molar-refractivity contribution in [1.82, 2.24) is 0 Å². The normalized spacial score (nSPS) is 15.2. The van der Waals surface area contributed by atoms with E-state index >= 15 is 0 Å². The van der Waals surface area contributed by atoms with Crippen LogP contribution in [0.5, 0.6) is 0 Å². The molecule has 10 nitrogen and oxygen atoms in total. The van der Waals surface area contributed by atoms with Crippen LogP contribution >= 0.6 is 7.82 Å². The fourth-order valence-corrected chi connectivity index (χ4v) is 5.06. The van der Waals surface area contributed by atoms with E-state index in [4.69, 9.17) is 19.1 Å². The van der Waals surface area contributed by atoms with E-state index in [0.717, 1.165) is 44.4 Å². The van der Waals surface area contributed by atoms with Crippen LogP contribution in [0.1, 0.15) is 137 Å². The van der Waals surface area contributed by atoms with Crippen LogP contribution < -0.4 is 0 Å². The number of phosphoric acid groups is 1. The minimum atomic E-state index is -4.59. The van der Waals surface area contributed by atoms with Gasteiger partial charge in [-0.2, -0.15) is 0 Å². The number of aliphatic hydroxyl groups excluding tert-OH is 2. The van der Waals surface area contributed by atoms with Gasteiger partial charge in [-0.25, -0.2) is 4.57 Å². The molecule has 11 heteroatoms. The van der Waals surface area contributed by atoms with E-state index in [1.165, 1.54) is 44.9 Å². The number of unbranched alkanes of at least 4 members (excludes halogenated alkanes) is 10. The molecule has 0 spiro atoms. The van der Waals surface area contributed by atoms with Gasteiger partial charge in [0.15, 0.2) is 6.10 Å². The van der Waals surface area contributed by atoms with E-state index < -0.39 is 51.8 Å². The summed E-state index contributed by atoms with van der Waals surface area (Å²) in [7, 11) is -4.59. The Morgan fingerprint density at radius 1 is 0.714 bits per heavy atom. The van der Waals surface area contributed by atoms with E-state index in [2.05, 4.69) is 32.2 Å². The Balaban J connectivity index is 4.49. The standard InChI is InChI=1S/C31H61O10P/c1-5-27(4)19-15-11-7-9-12-16-20-30(34)38-24-29(25-40-42(36,37)39-23-28(33)22-32)41-31(35)21-17-13-8-6-10-14-18-26(2)3/h26-29,32-33H,5-25H2,1-4H3,(H,36,37)/t27?,28-,29+/m0/s1. The molecule has 4 atom stereocenters. The summed E-state index contributed by atoms with van der Waals surface area (Å²) in [6.07, 6.45) is 14.1. The van der Waals surface area contributed by atoms with Crippen LogP contribution in [0.4, 0.5) is 0 Å². The minimum absolute atomic E-state index is 0.184. The van der Waals surface area contributed by atoms with Crippen LogP contribution in [0.15, 0.2) is 0 Å². The molecule has 0 aromatic rings. The largest absolute Gasteiger partial charge is 0.472 e. The maximum Gasteiger partial charge on any atom is 0.472 e. The number of carbonyl (C=O) groups excluding carboxylic acids is 2. The zero-order chi connectivity index (χ0) is 31.6. The number of ether oxygens (including phenoxy) is 2. The molecule has 0 fully saturated rings. The zero-order valence-electron chi connectivity index (χ0n) is 26.8. The summed E-state index contributed by atoms with van der Waals surface area (Å²) in [5, 5.41) is 18.2. The second-order valence-electron chi connectivity index (χ2n) is 11.9. The molecule has 0 aliphatic heterocycles. The van der Waals surface area contributed by atoms with Crippen molar-refractivity contribution in [3.05, 3.63) is 0 Å². The first-order valence-electron chi connectivity index (χ1n) is 16.2. The highest BCUT2D eigenvalue weighted by atomic mass is 31.2. The summed E-state index contributed by atoms with van der Waals surface area (Å²) in [6.45, 7) is 6.83. The van der Waals surface area contributed by atoms with Gasteiger partial charge in [-0.05, 0) is 24.7 Å². The van der Waals surface area contributed by atoms with E-state index in [-0.39, 0.29) is 19.4 Å². The Labute approximate surface area is 254 Å². The van der Waals surface area contributed by atoms with Gasteiger partial charge in [0, 0.05) is 12.8 Å². The number of esters is 2. The van der Waals surface area contributed by atoms with Crippen molar-refractivity contribution in [2.24, 2.45) is 11.8 Å². The summed E-state index contributed by atoms with van der Waals surface area (Å²) in [5.74, 6) is 0.559. The van der Waals surface area contributed by atoms with Crippen molar-refractivity contribution in [2.45, 2.75) is 149 Å². The summed E-state index contributed by atoms with van der Waals surface area (Å²) >= 11 is 0. The molecular formula is C31H61O10P. The molecule has 2 unspecified atom stereocenters. The summed E-state index contributed by atoms with van der Waals surface area (Å²) in [5.41, 5.74) is 0. The second-order valence-corrected chi connectivity index (χ2v) is 13.4. The van der Waals surface area contributed by atoms with Crippen LogP contribution in [0.2, 0.25) is 0 Å². The number of hydrogen-bond acceptors (Lipinski definition) is 9. The minimum Gasteiger partial charge on any atom is -0.462 e. The van der Waals surface area contributed by atoms with Crippen LogP contribution in [0.3, 0.4) is 0 Å². The molecular weight excluding hydrogens is 563 g/mol. The zero-order valence-corrected chi connectivity index (χ0v) is 27.7. The van der Waals surface area contributed by atoms with Crippen molar-refractivity contribution >= 4 is 19.8 Å². The molecule has 0 rings (SSSR count). The molecule has 0 aliphatic rings. The van der Waals surface area contributed by atoms with E-state index in [9.17, 15) is 24.2 Å². The summed E-state index contributed by atoms with van der Waals surface area (Å²) in [6, 6.07) is 0. The predicted octanol–water partition coefficient (Wildman–Crippen LogP) is 6.87. The number of rotatable bonds is 29. The molecule has 0 radical (unpaired) electrons. The van der Waals surface area contributed by atoms with Crippen LogP contribution in [0, 0.1) is 11.8 Å². The van der Waals surface area contributed by atoms with E-state index in [1.807, 2.05) is 0 Å². The van der Waals surface area contributed by atoms with Crippen molar-refractivity contribution in [2.75, 3.05) is 26.4 Å². The van der Waals surface area contributed by atoms with Gasteiger partial charge in [0.05, 0.1) is 19.8 Å². The highest BCUT2D eigenvalue weighted by Crippen LogP contribution is 2.43. The van der Waals surface area contributed by atoms with Crippen molar-refractivity contribution in [3.8, 4) is 0 Å². The Hall–Kier alpha value is -1.03.